The first kappa shape index (κ1) is 18.0. The van der Waals surface area contributed by atoms with E-state index in [2.05, 4.69) is 12.1 Å². The number of aryl methyl sites for hydroxylation is 1. The number of carbonyl (C=O) groups is 2. The van der Waals surface area contributed by atoms with E-state index in [4.69, 9.17) is 14.2 Å². The Morgan fingerprint density at radius 3 is 2.79 bits per heavy atom. The average molecular weight is 393 g/mol. The lowest BCUT2D eigenvalue weighted by Crippen LogP contribution is -2.42. The van der Waals surface area contributed by atoms with E-state index in [1.165, 1.54) is 11.1 Å². The van der Waals surface area contributed by atoms with Crippen LogP contribution in [0.3, 0.4) is 0 Å². The molecule has 6 heteroatoms. The van der Waals surface area contributed by atoms with Crippen LogP contribution in [-0.2, 0) is 27.3 Å². The highest BCUT2D eigenvalue weighted by Gasteiger charge is 2.38. The molecule has 2 aliphatic heterocycles. The van der Waals surface area contributed by atoms with Crippen LogP contribution in [0.2, 0.25) is 0 Å². The smallest absolute Gasteiger partial charge is 0.306 e. The van der Waals surface area contributed by atoms with Crippen molar-refractivity contribution in [1.82, 2.24) is 4.90 Å². The molecule has 2 heterocycles. The van der Waals surface area contributed by atoms with E-state index in [1.54, 1.807) is 0 Å². The maximum atomic E-state index is 13.5. The Bertz CT molecular complexity index is 956. The summed E-state index contributed by atoms with van der Waals surface area (Å²) < 4.78 is 16.5. The van der Waals surface area contributed by atoms with Crippen molar-refractivity contribution in [3.05, 3.63) is 59.2 Å². The normalized spacial score (nSPS) is 22.1. The Morgan fingerprint density at radius 2 is 1.93 bits per heavy atom. The molecular weight excluding hydrogens is 370 g/mol. The molecule has 0 spiro atoms. The van der Waals surface area contributed by atoms with Gasteiger partial charge in [-0.3, -0.25) is 9.59 Å². The lowest BCUT2D eigenvalue weighted by atomic mass is 9.86. The zero-order valence-corrected chi connectivity index (χ0v) is 16.1. The molecule has 150 valence electrons. The van der Waals surface area contributed by atoms with Crippen LogP contribution in [0.25, 0.3) is 0 Å². The molecule has 1 amide bonds. The first-order chi connectivity index (χ1) is 14.2. The van der Waals surface area contributed by atoms with Gasteiger partial charge in [0.15, 0.2) is 17.6 Å². The summed E-state index contributed by atoms with van der Waals surface area (Å²) >= 11 is 0. The lowest BCUT2D eigenvalue weighted by molar-refractivity contribution is -0.155. The fraction of sp³-hybridized carbons (Fsp3) is 0.391. The van der Waals surface area contributed by atoms with E-state index in [0.717, 1.165) is 24.8 Å². The molecular formula is C23H23NO5. The zero-order chi connectivity index (χ0) is 19.8. The summed E-state index contributed by atoms with van der Waals surface area (Å²) in [6.07, 6.45) is 2.95. The second kappa shape index (κ2) is 7.43. The van der Waals surface area contributed by atoms with Gasteiger partial charge < -0.3 is 19.1 Å². The van der Waals surface area contributed by atoms with Crippen molar-refractivity contribution in [2.75, 3.05) is 6.79 Å². The Kier molecular flexibility index (Phi) is 4.62. The quantitative estimate of drug-likeness (QED) is 0.744. The number of rotatable bonds is 4. The summed E-state index contributed by atoms with van der Waals surface area (Å²) in [6, 6.07) is 14.0. The number of para-hydroxylation sites is 1. The summed E-state index contributed by atoms with van der Waals surface area (Å²) in [7, 11) is 0. The third kappa shape index (κ3) is 3.33. The SMILES string of the molecule is O=C1CC[C@H](C(=O)N(Cc2cccc3c2OCO3)[C@H]2CCCc3ccccc32)O1. The predicted molar refractivity (Wildman–Crippen MR) is 104 cm³/mol. The number of ether oxygens (including phenoxy) is 3. The monoisotopic (exact) mass is 393 g/mol. The summed E-state index contributed by atoms with van der Waals surface area (Å²) in [4.78, 5) is 27.0. The summed E-state index contributed by atoms with van der Waals surface area (Å²) in [6.45, 7) is 0.575. The molecule has 2 atom stereocenters. The maximum Gasteiger partial charge on any atom is 0.306 e. The van der Waals surface area contributed by atoms with Crippen LogP contribution in [0.1, 0.15) is 48.4 Å². The summed E-state index contributed by atoms with van der Waals surface area (Å²) in [5, 5.41) is 0. The highest BCUT2D eigenvalue weighted by molar-refractivity contribution is 5.87. The third-order valence-electron chi connectivity index (χ3n) is 5.98. The zero-order valence-electron chi connectivity index (χ0n) is 16.1. The number of amides is 1. The molecule has 1 aliphatic carbocycles. The van der Waals surface area contributed by atoms with Crippen LogP contribution in [0.5, 0.6) is 11.5 Å². The number of hydrogen-bond acceptors (Lipinski definition) is 5. The Balaban J connectivity index is 1.51. The van der Waals surface area contributed by atoms with Crippen molar-refractivity contribution in [1.29, 1.82) is 0 Å². The van der Waals surface area contributed by atoms with E-state index >= 15 is 0 Å². The Hall–Kier alpha value is -3.02. The van der Waals surface area contributed by atoms with Gasteiger partial charge in [-0.25, -0.2) is 0 Å². The first-order valence-corrected chi connectivity index (χ1v) is 10.2. The number of hydrogen-bond donors (Lipinski definition) is 0. The van der Waals surface area contributed by atoms with Gasteiger partial charge in [0.1, 0.15) is 0 Å². The van der Waals surface area contributed by atoms with Crippen LogP contribution in [-0.4, -0.2) is 29.7 Å². The molecule has 6 nitrogen and oxygen atoms in total. The highest BCUT2D eigenvalue weighted by Crippen LogP contribution is 2.40. The van der Waals surface area contributed by atoms with Crippen molar-refractivity contribution in [2.24, 2.45) is 0 Å². The lowest BCUT2D eigenvalue weighted by Gasteiger charge is -2.37. The fourth-order valence-corrected chi connectivity index (χ4v) is 4.58. The van der Waals surface area contributed by atoms with Gasteiger partial charge in [-0.1, -0.05) is 36.4 Å². The molecule has 5 rings (SSSR count). The number of carbonyl (C=O) groups excluding carboxylic acids is 2. The van der Waals surface area contributed by atoms with E-state index in [1.807, 2.05) is 35.2 Å². The van der Waals surface area contributed by atoms with Crippen molar-refractivity contribution in [3.8, 4) is 11.5 Å². The van der Waals surface area contributed by atoms with Crippen LogP contribution in [0, 0.1) is 0 Å². The van der Waals surface area contributed by atoms with E-state index in [0.29, 0.717) is 30.9 Å². The van der Waals surface area contributed by atoms with Crippen LogP contribution in [0.15, 0.2) is 42.5 Å². The fourth-order valence-electron chi connectivity index (χ4n) is 4.58. The van der Waals surface area contributed by atoms with Crippen LogP contribution >= 0.6 is 0 Å². The first-order valence-electron chi connectivity index (χ1n) is 10.2. The number of fused-ring (bicyclic) bond motifs is 2. The van der Waals surface area contributed by atoms with Gasteiger partial charge in [-0.15, -0.1) is 0 Å². The second-order valence-electron chi connectivity index (χ2n) is 7.74. The molecule has 0 aromatic heterocycles. The molecule has 3 aliphatic rings. The molecule has 1 saturated heterocycles. The summed E-state index contributed by atoms with van der Waals surface area (Å²) in [5.41, 5.74) is 3.37. The van der Waals surface area contributed by atoms with Gasteiger partial charge in [0.05, 0.1) is 12.6 Å². The minimum absolute atomic E-state index is 0.0510. The highest BCUT2D eigenvalue weighted by atomic mass is 16.7. The van der Waals surface area contributed by atoms with Gasteiger partial charge >= 0.3 is 5.97 Å². The molecule has 29 heavy (non-hydrogen) atoms. The molecule has 0 unspecified atom stereocenters. The molecule has 0 saturated carbocycles. The van der Waals surface area contributed by atoms with Crippen molar-refractivity contribution in [2.45, 2.75) is 50.8 Å². The van der Waals surface area contributed by atoms with Gasteiger partial charge in [-0.2, -0.15) is 0 Å². The average Bonchev–Trinajstić information content (AvgIpc) is 3.40. The van der Waals surface area contributed by atoms with Crippen molar-refractivity contribution < 1.29 is 23.8 Å². The van der Waals surface area contributed by atoms with E-state index in [9.17, 15) is 9.59 Å². The molecule has 2 aromatic rings. The minimum atomic E-state index is -0.703. The number of benzene rings is 2. The maximum absolute atomic E-state index is 13.5. The predicted octanol–water partition coefficient (Wildman–Crippen LogP) is 3.53. The molecule has 1 fully saturated rings. The number of esters is 1. The van der Waals surface area contributed by atoms with Gasteiger partial charge in [0.25, 0.3) is 5.91 Å². The summed E-state index contributed by atoms with van der Waals surface area (Å²) in [5.74, 6) is 0.961. The van der Waals surface area contributed by atoms with Gasteiger partial charge in [0, 0.05) is 18.4 Å². The molecule has 0 bridgehead atoms. The van der Waals surface area contributed by atoms with Crippen molar-refractivity contribution >= 4 is 11.9 Å². The third-order valence-corrected chi connectivity index (χ3v) is 5.98. The van der Waals surface area contributed by atoms with E-state index < -0.39 is 6.10 Å². The number of cyclic esters (lactones) is 1. The largest absolute Gasteiger partial charge is 0.454 e. The van der Waals surface area contributed by atoms with E-state index in [-0.39, 0.29) is 24.7 Å². The van der Waals surface area contributed by atoms with Crippen molar-refractivity contribution in [3.63, 3.8) is 0 Å². The standard InChI is InChI=1S/C23H23NO5/c25-21-12-11-20(29-21)23(26)24(13-16-7-4-10-19-22(16)28-14-27-19)18-9-3-6-15-5-1-2-8-17(15)18/h1-2,4-5,7-8,10,18,20H,3,6,9,11-14H2/t18-,20+/m0/s1. The Labute approximate surface area is 169 Å². The minimum Gasteiger partial charge on any atom is -0.454 e. The molecule has 0 N–H and O–H groups in total. The van der Waals surface area contributed by atoms with Crippen LogP contribution in [0.4, 0.5) is 0 Å². The Morgan fingerprint density at radius 1 is 1.03 bits per heavy atom. The topological polar surface area (TPSA) is 65.1 Å². The molecule has 2 aromatic carbocycles. The second-order valence-corrected chi connectivity index (χ2v) is 7.74. The van der Waals surface area contributed by atoms with Gasteiger partial charge in [-0.05, 0) is 36.5 Å². The number of nitrogens with zero attached hydrogens (tertiary/aromatic N) is 1. The molecule has 0 radical (unpaired) electrons. The van der Waals surface area contributed by atoms with Crippen LogP contribution < -0.4 is 9.47 Å². The van der Waals surface area contributed by atoms with Gasteiger partial charge in [0.2, 0.25) is 6.79 Å².